The summed E-state index contributed by atoms with van der Waals surface area (Å²) in [6.45, 7) is 0. The Kier molecular flexibility index (Phi) is 6.25. The van der Waals surface area contributed by atoms with Gasteiger partial charge in [-0.2, -0.15) is 8.78 Å². The van der Waals surface area contributed by atoms with Crippen LogP contribution < -0.4 is 18.0 Å². The van der Waals surface area contributed by atoms with Crippen LogP contribution >= 0.6 is 0 Å². The van der Waals surface area contributed by atoms with Gasteiger partial charge in [-0.3, -0.25) is 0 Å². The van der Waals surface area contributed by atoms with Gasteiger partial charge < -0.3 is 4.74 Å². The predicted molar refractivity (Wildman–Crippen MR) is 90.1 cm³/mol. The summed E-state index contributed by atoms with van der Waals surface area (Å²) in [4.78, 5) is 0. The molecule has 3 aromatic rings. The Labute approximate surface area is 171 Å². The van der Waals surface area contributed by atoms with Gasteiger partial charge in [0.15, 0.2) is 29.0 Å². The highest BCUT2D eigenvalue weighted by atomic mass is 27.2. The minimum atomic E-state index is -4.66. The summed E-state index contributed by atoms with van der Waals surface area (Å²) in [5, 5.41) is 0. The van der Waals surface area contributed by atoms with Gasteiger partial charge in [-0.25, -0.2) is 35.1 Å². The summed E-state index contributed by atoms with van der Waals surface area (Å²) in [5.74, 6) is -20.9. The molecule has 0 saturated carbocycles. The molecule has 3 rings (SSSR count). The van der Waals surface area contributed by atoms with E-state index in [2.05, 4.69) is 4.74 Å². The van der Waals surface area contributed by atoms with E-state index in [1.165, 1.54) is 0 Å². The molecule has 0 aliphatic rings. The molecular formula is C19H7AlF10O. The Morgan fingerprint density at radius 1 is 0.548 bits per heavy atom. The van der Waals surface area contributed by atoms with Crippen LogP contribution in [0.25, 0.3) is 0 Å². The van der Waals surface area contributed by atoms with Gasteiger partial charge in [0.1, 0.15) is 23.3 Å². The van der Waals surface area contributed by atoms with E-state index in [0.717, 1.165) is 0 Å². The average molecular weight is 468 g/mol. The number of ether oxygens (including phenoxy) is 1. The molecule has 0 N–H and O–H groups in total. The number of hydrogen-bond donors (Lipinski definition) is 0. The molecule has 0 atom stereocenters. The molecule has 0 aliphatic heterocycles. The maximum absolute atomic E-state index is 14.7. The maximum Gasteiger partial charge on any atom is 0.403 e. The third-order valence-electron chi connectivity index (χ3n) is 4.41. The molecule has 1 nitrogen and oxygen atoms in total. The van der Waals surface area contributed by atoms with Crippen LogP contribution in [0.2, 0.25) is 0 Å². The van der Waals surface area contributed by atoms with Crippen molar-refractivity contribution in [3.63, 3.8) is 0 Å². The van der Waals surface area contributed by atoms with Crippen molar-refractivity contribution in [2.45, 2.75) is 0 Å². The minimum absolute atomic E-state index is 0.0364. The number of methoxy groups -OCH3 is 1. The van der Waals surface area contributed by atoms with Gasteiger partial charge in [0, 0.05) is 12.1 Å². The van der Waals surface area contributed by atoms with Gasteiger partial charge in [0.05, 0.1) is 7.11 Å². The molecule has 0 unspecified atom stereocenters. The summed E-state index contributed by atoms with van der Waals surface area (Å²) < 4.78 is 142. The van der Waals surface area contributed by atoms with Crippen molar-refractivity contribution in [1.82, 2.24) is 0 Å². The molecule has 162 valence electrons. The van der Waals surface area contributed by atoms with Crippen LogP contribution in [0.4, 0.5) is 43.9 Å². The first kappa shape index (κ1) is 23.0. The molecule has 0 saturated heterocycles. The summed E-state index contributed by atoms with van der Waals surface area (Å²) in [5.41, 5.74) is 0. The van der Waals surface area contributed by atoms with Crippen molar-refractivity contribution >= 4 is 27.4 Å². The number of halogens is 10. The van der Waals surface area contributed by atoms with Crippen LogP contribution in [-0.2, 0) is 0 Å². The third-order valence-corrected chi connectivity index (χ3v) is 7.58. The lowest BCUT2D eigenvalue weighted by Crippen LogP contribution is -2.58. The van der Waals surface area contributed by atoms with E-state index in [9.17, 15) is 43.9 Å². The zero-order chi connectivity index (χ0) is 23.2. The van der Waals surface area contributed by atoms with Crippen molar-refractivity contribution in [2.75, 3.05) is 7.11 Å². The SMILES string of the molecule is COc1c(F)c(F)[c]([Al]([c]2cc(F)cc(F)c2F)[c]2cc(F)cc(F)c2F)c(F)c1F. The first-order chi connectivity index (χ1) is 14.5. The van der Waals surface area contributed by atoms with Crippen molar-refractivity contribution in [2.24, 2.45) is 0 Å². The third kappa shape index (κ3) is 3.86. The van der Waals surface area contributed by atoms with Gasteiger partial charge in [0.25, 0.3) is 0 Å². The van der Waals surface area contributed by atoms with E-state index in [-0.39, 0.29) is 24.3 Å². The monoisotopic (exact) mass is 468 g/mol. The largest absolute Gasteiger partial charge is 0.491 e. The molecule has 0 heterocycles. The Hall–Kier alpha value is -2.71. The maximum atomic E-state index is 14.7. The normalized spacial score (nSPS) is 11.1. The molecule has 31 heavy (non-hydrogen) atoms. The van der Waals surface area contributed by atoms with Crippen LogP contribution in [0.5, 0.6) is 5.75 Å². The first-order valence-electron chi connectivity index (χ1n) is 8.18. The van der Waals surface area contributed by atoms with Crippen LogP contribution in [0.3, 0.4) is 0 Å². The van der Waals surface area contributed by atoms with Crippen molar-refractivity contribution in [3.8, 4) is 5.75 Å². The highest BCUT2D eigenvalue weighted by Gasteiger charge is 2.41. The highest BCUT2D eigenvalue weighted by Crippen LogP contribution is 2.26. The quantitative estimate of drug-likeness (QED) is 0.323. The lowest BCUT2D eigenvalue weighted by molar-refractivity contribution is 0.335. The second-order valence-electron chi connectivity index (χ2n) is 6.22. The number of benzene rings is 3. The summed E-state index contributed by atoms with van der Waals surface area (Å²) in [6.07, 6.45) is 0. The molecular weight excluding hydrogens is 461 g/mol. The molecule has 3 aromatic carbocycles. The number of rotatable bonds is 4. The Morgan fingerprint density at radius 2 is 0.935 bits per heavy atom. The van der Waals surface area contributed by atoms with Crippen molar-refractivity contribution < 1.29 is 48.6 Å². The smallest absolute Gasteiger partial charge is 0.403 e. The van der Waals surface area contributed by atoms with Gasteiger partial charge in [0.2, 0.25) is 11.6 Å². The van der Waals surface area contributed by atoms with Gasteiger partial charge in [-0.05, 0) is 16.6 Å². The summed E-state index contributed by atoms with van der Waals surface area (Å²) >= 11 is -4.66. The van der Waals surface area contributed by atoms with Crippen LogP contribution in [-0.4, -0.2) is 21.3 Å². The Bertz CT molecular complexity index is 1110. The van der Waals surface area contributed by atoms with Crippen LogP contribution in [0.15, 0.2) is 24.3 Å². The van der Waals surface area contributed by atoms with E-state index in [0.29, 0.717) is 7.11 Å². The fourth-order valence-electron chi connectivity index (χ4n) is 3.11. The highest BCUT2D eigenvalue weighted by molar-refractivity contribution is 6.95. The zero-order valence-electron chi connectivity index (χ0n) is 15.1. The van der Waals surface area contributed by atoms with Gasteiger partial charge >= 0.3 is 14.1 Å². The van der Waals surface area contributed by atoms with E-state index in [1.54, 1.807) is 0 Å². The molecule has 0 aromatic heterocycles. The molecule has 0 radical (unpaired) electrons. The van der Waals surface area contributed by atoms with E-state index in [4.69, 9.17) is 0 Å². The van der Waals surface area contributed by atoms with E-state index < -0.39 is 91.3 Å². The van der Waals surface area contributed by atoms with Crippen molar-refractivity contribution in [1.29, 1.82) is 0 Å². The molecule has 0 bridgehead atoms. The summed E-state index contributed by atoms with van der Waals surface area (Å²) in [7, 11) is 0.665. The lowest BCUT2D eigenvalue weighted by Gasteiger charge is -2.19. The minimum Gasteiger partial charge on any atom is -0.491 e. The van der Waals surface area contributed by atoms with E-state index >= 15 is 0 Å². The summed E-state index contributed by atoms with van der Waals surface area (Å²) in [6, 6.07) is 0.455. The second-order valence-corrected chi connectivity index (χ2v) is 8.90. The fraction of sp³-hybridized carbons (Fsp3) is 0.0526. The molecule has 12 heteroatoms. The Balaban J connectivity index is 2.52. The van der Waals surface area contributed by atoms with Crippen molar-refractivity contribution in [3.05, 3.63) is 82.4 Å². The predicted octanol–water partition coefficient (Wildman–Crippen LogP) is 3.60. The molecule has 0 aliphatic carbocycles. The molecule has 0 amide bonds. The lowest BCUT2D eigenvalue weighted by atomic mass is 10.3. The van der Waals surface area contributed by atoms with Crippen LogP contribution in [0.1, 0.15) is 0 Å². The molecule has 0 spiro atoms. The average Bonchev–Trinajstić information content (AvgIpc) is 2.70. The first-order valence-corrected chi connectivity index (χ1v) is 9.91. The van der Waals surface area contributed by atoms with E-state index in [1.807, 2.05) is 0 Å². The van der Waals surface area contributed by atoms with Gasteiger partial charge in [-0.1, -0.05) is 8.85 Å². The fourth-order valence-corrected chi connectivity index (χ4v) is 6.26. The molecule has 0 fully saturated rings. The topological polar surface area (TPSA) is 9.23 Å². The second kappa shape index (κ2) is 8.44. The van der Waals surface area contributed by atoms with Crippen LogP contribution in [0, 0.1) is 58.2 Å². The standard InChI is InChI=1S/C7H3F4O.2C6H2F3.Al/c1-12-7-5(10)3(8)2-4(9)6(7)11;2*7-4-1-2-5(8)6(9)3-4;/h1H3;2*1,3H;. The van der Waals surface area contributed by atoms with Gasteiger partial charge in [-0.15, -0.1) is 0 Å². The number of hydrogen-bond acceptors (Lipinski definition) is 1. The Morgan fingerprint density at radius 3 is 1.29 bits per heavy atom. The zero-order valence-corrected chi connectivity index (χ0v) is 16.2.